The van der Waals surface area contributed by atoms with Gasteiger partial charge in [0.25, 0.3) is 0 Å². The predicted molar refractivity (Wildman–Crippen MR) is 80.5 cm³/mol. The summed E-state index contributed by atoms with van der Waals surface area (Å²) >= 11 is 0. The van der Waals surface area contributed by atoms with E-state index in [2.05, 4.69) is 57.4 Å². The highest BCUT2D eigenvalue weighted by Crippen LogP contribution is 2.31. The SMILES string of the molecule is Cn1c(-c2c[nH]c3ccccc23)cnc1C1CCCN1. The van der Waals surface area contributed by atoms with Crippen LogP contribution in [0, 0.1) is 0 Å². The Labute approximate surface area is 117 Å². The van der Waals surface area contributed by atoms with Crippen molar-refractivity contribution in [3.05, 3.63) is 42.5 Å². The van der Waals surface area contributed by atoms with E-state index in [0.29, 0.717) is 6.04 Å². The smallest absolute Gasteiger partial charge is 0.126 e. The van der Waals surface area contributed by atoms with Crippen LogP contribution in [-0.2, 0) is 7.05 Å². The highest BCUT2D eigenvalue weighted by atomic mass is 15.1. The highest BCUT2D eigenvalue weighted by molar-refractivity contribution is 5.94. The number of nitrogens with one attached hydrogen (secondary N) is 2. The fourth-order valence-corrected chi connectivity index (χ4v) is 3.19. The van der Waals surface area contributed by atoms with Gasteiger partial charge in [-0.1, -0.05) is 18.2 Å². The first kappa shape index (κ1) is 11.7. The number of aromatic nitrogens is 3. The quantitative estimate of drug-likeness (QED) is 0.749. The van der Waals surface area contributed by atoms with Crippen molar-refractivity contribution in [2.24, 2.45) is 7.05 Å². The molecular formula is C16H18N4. The second-order valence-electron chi connectivity index (χ2n) is 5.46. The van der Waals surface area contributed by atoms with Crippen molar-refractivity contribution in [1.82, 2.24) is 19.9 Å². The van der Waals surface area contributed by atoms with Gasteiger partial charge in [0.05, 0.1) is 17.9 Å². The monoisotopic (exact) mass is 266 g/mol. The molecule has 0 spiro atoms. The van der Waals surface area contributed by atoms with Crippen LogP contribution in [0.2, 0.25) is 0 Å². The lowest BCUT2D eigenvalue weighted by Crippen LogP contribution is -2.17. The maximum atomic E-state index is 4.65. The summed E-state index contributed by atoms with van der Waals surface area (Å²) in [6.45, 7) is 1.10. The zero-order valence-corrected chi connectivity index (χ0v) is 11.6. The third-order valence-electron chi connectivity index (χ3n) is 4.26. The Balaban J connectivity index is 1.82. The van der Waals surface area contributed by atoms with Gasteiger partial charge in [-0.25, -0.2) is 4.98 Å². The first-order valence-electron chi connectivity index (χ1n) is 7.16. The molecule has 2 aromatic heterocycles. The minimum atomic E-state index is 0.402. The number of imidazole rings is 1. The lowest BCUT2D eigenvalue weighted by molar-refractivity contribution is 0.581. The molecule has 1 unspecified atom stereocenters. The Kier molecular flexibility index (Phi) is 2.63. The zero-order valence-electron chi connectivity index (χ0n) is 11.6. The molecule has 0 amide bonds. The van der Waals surface area contributed by atoms with Crippen LogP contribution < -0.4 is 5.32 Å². The van der Waals surface area contributed by atoms with E-state index in [0.717, 1.165) is 12.4 Å². The summed E-state index contributed by atoms with van der Waals surface area (Å²) < 4.78 is 2.22. The molecular weight excluding hydrogens is 248 g/mol. The molecule has 1 fully saturated rings. The van der Waals surface area contributed by atoms with Crippen LogP contribution in [-0.4, -0.2) is 21.1 Å². The van der Waals surface area contributed by atoms with E-state index in [-0.39, 0.29) is 0 Å². The molecule has 4 rings (SSSR count). The Hall–Kier alpha value is -2.07. The second-order valence-corrected chi connectivity index (χ2v) is 5.46. The van der Waals surface area contributed by atoms with E-state index in [4.69, 9.17) is 0 Å². The van der Waals surface area contributed by atoms with Gasteiger partial charge in [0.15, 0.2) is 0 Å². The van der Waals surface area contributed by atoms with Gasteiger partial charge in [-0.05, 0) is 25.5 Å². The number of hydrogen-bond donors (Lipinski definition) is 2. The lowest BCUT2D eigenvalue weighted by atomic mass is 10.1. The van der Waals surface area contributed by atoms with E-state index in [1.54, 1.807) is 0 Å². The maximum absolute atomic E-state index is 4.65. The minimum Gasteiger partial charge on any atom is -0.360 e. The molecule has 0 radical (unpaired) electrons. The summed E-state index contributed by atoms with van der Waals surface area (Å²) in [4.78, 5) is 7.98. The van der Waals surface area contributed by atoms with Gasteiger partial charge in [0, 0.05) is 29.7 Å². The third kappa shape index (κ3) is 1.68. The summed E-state index contributed by atoms with van der Waals surface area (Å²) in [7, 11) is 2.11. The van der Waals surface area contributed by atoms with Crippen molar-refractivity contribution >= 4 is 10.9 Å². The van der Waals surface area contributed by atoms with Gasteiger partial charge in [0.2, 0.25) is 0 Å². The topological polar surface area (TPSA) is 45.6 Å². The highest BCUT2D eigenvalue weighted by Gasteiger charge is 2.22. The van der Waals surface area contributed by atoms with Gasteiger partial charge >= 0.3 is 0 Å². The van der Waals surface area contributed by atoms with Gasteiger partial charge < -0.3 is 14.9 Å². The molecule has 4 nitrogen and oxygen atoms in total. The molecule has 102 valence electrons. The van der Waals surface area contributed by atoms with Crippen molar-refractivity contribution in [2.75, 3.05) is 6.54 Å². The average Bonchev–Trinajstić information content (AvgIpc) is 3.17. The van der Waals surface area contributed by atoms with Crippen molar-refractivity contribution in [1.29, 1.82) is 0 Å². The summed E-state index contributed by atoms with van der Waals surface area (Å²) in [5.41, 5.74) is 3.57. The molecule has 4 heteroatoms. The molecule has 20 heavy (non-hydrogen) atoms. The third-order valence-corrected chi connectivity index (χ3v) is 4.26. The first-order valence-corrected chi connectivity index (χ1v) is 7.16. The standard InChI is InChI=1S/C16H18N4/c1-20-15(10-19-16(20)14-7-4-8-17-14)12-9-18-13-6-3-2-5-11(12)13/h2-3,5-6,9-10,14,17-18H,4,7-8H2,1H3. The van der Waals surface area contributed by atoms with Gasteiger partial charge in [-0.3, -0.25) is 0 Å². The average molecular weight is 266 g/mol. The van der Waals surface area contributed by atoms with Crippen LogP contribution in [0.1, 0.15) is 24.7 Å². The zero-order chi connectivity index (χ0) is 13.5. The van der Waals surface area contributed by atoms with Crippen LogP contribution in [0.3, 0.4) is 0 Å². The molecule has 3 aromatic rings. The molecule has 1 aliphatic rings. The van der Waals surface area contributed by atoms with Gasteiger partial charge in [0.1, 0.15) is 5.82 Å². The number of H-pyrrole nitrogens is 1. The first-order chi connectivity index (χ1) is 9.84. The molecule has 1 aliphatic heterocycles. The summed E-state index contributed by atoms with van der Waals surface area (Å²) in [5.74, 6) is 1.14. The Bertz CT molecular complexity index is 747. The van der Waals surface area contributed by atoms with E-state index in [9.17, 15) is 0 Å². The molecule has 0 saturated carbocycles. The number of para-hydroxylation sites is 1. The van der Waals surface area contributed by atoms with Crippen molar-refractivity contribution in [2.45, 2.75) is 18.9 Å². The van der Waals surface area contributed by atoms with E-state index < -0.39 is 0 Å². The number of nitrogens with zero attached hydrogens (tertiary/aromatic N) is 2. The molecule has 1 saturated heterocycles. The Morgan fingerprint density at radius 2 is 2.20 bits per heavy atom. The number of aromatic amines is 1. The molecule has 1 aromatic carbocycles. The number of hydrogen-bond acceptors (Lipinski definition) is 2. The number of rotatable bonds is 2. The summed E-state index contributed by atoms with van der Waals surface area (Å²) in [5, 5.41) is 4.77. The van der Waals surface area contributed by atoms with Crippen LogP contribution in [0.15, 0.2) is 36.7 Å². The van der Waals surface area contributed by atoms with Crippen LogP contribution in [0.5, 0.6) is 0 Å². The molecule has 2 N–H and O–H groups in total. The molecule has 3 heterocycles. The minimum absolute atomic E-state index is 0.402. The van der Waals surface area contributed by atoms with Crippen LogP contribution in [0.25, 0.3) is 22.2 Å². The predicted octanol–water partition coefficient (Wildman–Crippen LogP) is 2.99. The lowest BCUT2D eigenvalue weighted by Gasteiger charge is -2.11. The Morgan fingerprint density at radius 3 is 3.05 bits per heavy atom. The summed E-state index contributed by atoms with van der Waals surface area (Å²) in [6.07, 6.45) is 6.48. The largest absolute Gasteiger partial charge is 0.360 e. The normalized spacial score (nSPS) is 18.9. The molecule has 1 atom stereocenters. The van der Waals surface area contributed by atoms with Gasteiger partial charge in [-0.15, -0.1) is 0 Å². The number of fused-ring (bicyclic) bond motifs is 1. The second kappa shape index (κ2) is 4.49. The Morgan fingerprint density at radius 1 is 1.30 bits per heavy atom. The van der Waals surface area contributed by atoms with Crippen LogP contribution in [0.4, 0.5) is 0 Å². The van der Waals surface area contributed by atoms with E-state index >= 15 is 0 Å². The fourth-order valence-electron chi connectivity index (χ4n) is 3.19. The van der Waals surface area contributed by atoms with Gasteiger partial charge in [-0.2, -0.15) is 0 Å². The van der Waals surface area contributed by atoms with Crippen molar-refractivity contribution in [3.8, 4) is 11.3 Å². The molecule has 0 aliphatic carbocycles. The fraction of sp³-hybridized carbons (Fsp3) is 0.312. The number of benzene rings is 1. The maximum Gasteiger partial charge on any atom is 0.126 e. The van der Waals surface area contributed by atoms with E-state index in [1.807, 2.05) is 6.20 Å². The molecule has 0 bridgehead atoms. The van der Waals surface area contributed by atoms with E-state index in [1.165, 1.54) is 35.0 Å². The van der Waals surface area contributed by atoms with Crippen molar-refractivity contribution in [3.63, 3.8) is 0 Å². The van der Waals surface area contributed by atoms with Crippen LogP contribution >= 0.6 is 0 Å². The summed E-state index contributed by atoms with van der Waals surface area (Å²) in [6, 6.07) is 8.80. The van der Waals surface area contributed by atoms with Crippen molar-refractivity contribution < 1.29 is 0 Å².